The lowest BCUT2D eigenvalue weighted by atomic mass is 10.1. The van der Waals surface area contributed by atoms with Crippen LogP contribution in [0.2, 0.25) is 0 Å². The lowest BCUT2D eigenvalue weighted by molar-refractivity contribution is -0.140. The van der Waals surface area contributed by atoms with Crippen molar-refractivity contribution in [1.29, 1.82) is 0 Å². The molecule has 0 amide bonds. The summed E-state index contributed by atoms with van der Waals surface area (Å²) in [5.41, 5.74) is 0. The Balaban J connectivity index is 3.92. The summed E-state index contributed by atoms with van der Waals surface area (Å²) in [5.74, 6) is -1.32. The van der Waals surface area contributed by atoms with Crippen LogP contribution in [0.3, 0.4) is 0 Å². The number of carbonyl (C=O) groups is 2. The van der Waals surface area contributed by atoms with Crippen molar-refractivity contribution in [3.63, 3.8) is 0 Å². The van der Waals surface area contributed by atoms with Crippen LogP contribution < -0.4 is 0 Å². The molecule has 1 N–H and O–H groups in total. The van der Waals surface area contributed by atoms with Gasteiger partial charge in [0.25, 0.3) is 0 Å². The number of rotatable bonds is 3. The molecule has 0 bridgehead atoms. The molecular weight excluding hydrogens is 164 g/mol. The Kier molecular flexibility index (Phi) is 4.18. The van der Waals surface area contributed by atoms with Gasteiger partial charge in [0, 0.05) is 12.2 Å². The third-order valence-electron chi connectivity index (χ3n) is 1.45. The molecule has 0 aromatic heterocycles. The molecule has 0 radical (unpaired) electrons. The maximum Gasteiger partial charge on any atom is 0.307 e. The van der Waals surface area contributed by atoms with Gasteiger partial charge in [0.05, 0.1) is 5.92 Å². The van der Waals surface area contributed by atoms with Crippen molar-refractivity contribution in [3.8, 4) is 0 Å². The van der Waals surface area contributed by atoms with Crippen LogP contribution in [0.5, 0.6) is 0 Å². The number of hydrogen-bond donors (Lipinski definition) is 1. The van der Waals surface area contributed by atoms with Crippen LogP contribution in [0.1, 0.15) is 20.8 Å². The van der Waals surface area contributed by atoms with E-state index < -0.39 is 11.9 Å². The molecule has 2 unspecified atom stereocenters. The van der Waals surface area contributed by atoms with Crippen molar-refractivity contribution in [2.45, 2.75) is 26.0 Å². The Morgan fingerprint density at radius 2 is 1.82 bits per heavy atom. The predicted molar refractivity (Wildman–Crippen MR) is 44.5 cm³/mol. The molecule has 4 heteroatoms. The van der Waals surface area contributed by atoms with Crippen molar-refractivity contribution in [1.82, 2.24) is 0 Å². The molecule has 0 spiro atoms. The predicted octanol–water partition coefficient (Wildman–Crippen LogP) is 1.38. The fourth-order valence-corrected chi connectivity index (χ4v) is 1.41. The zero-order chi connectivity index (χ0) is 9.02. The Labute approximate surface area is 70.2 Å². The average molecular weight is 176 g/mol. The molecule has 3 nitrogen and oxygen atoms in total. The highest BCUT2D eigenvalue weighted by molar-refractivity contribution is 8.14. The first kappa shape index (κ1) is 10.5. The normalized spacial score (nSPS) is 15.5. The Morgan fingerprint density at radius 1 is 1.36 bits per heavy atom. The third-order valence-corrected chi connectivity index (χ3v) is 2.56. The van der Waals surface area contributed by atoms with Crippen molar-refractivity contribution in [3.05, 3.63) is 0 Å². The van der Waals surface area contributed by atoms with Crippen LogP contribution in [-0.4, -0.2) is 21.4 Å². The maximum absolute atomic E-state index is 10.6. The summed E-state index contributed by atoms with van der Waals surface area (Å²) >= 11 is 1.07. The van der Waals surface area contributed by atoms with Crippen LogP contribution in [0, 0.1) is 5.92 Å². The van der Waals surface area contributed by atoms with Crippen LogP contribution >= 0.6 is 11.8 Å². The third kappa shape index (κ3) is 4.03. The number of carboxylic acid groups (broad SMARTS) is 1. The van der Waals surface area contributed by atoms with Gasteiger partial charge in [-0.3, -0.25) is 9.59 Å². The van der Waals surface area contributed by atoms with Crippen LogP contribution in [0.25, 0.3) is 0 Å². The number of hydrogen-bond acceptors (Lipinski definition) is 3. The lowest BCUT2D eigenvalue weighted by Gasteiger charge is -2.12. The molecule has 0 aliphatic rings. The second kappa shape index (κ2) is 4.38. The minimum absolute atomic E-state index is 0.0365. The van der Waals surface area contributed by atoms with E-state index in [1.54, 1.807) is 13.8 Å². The molecule has 0 aromatic carbocycles. The highest BCUT2D eigenvalue weighted by Gasteiger charge is 2.20. The zero-order valence-electron chi connectivity index (χ0n) is 6.83. The van der Waals surface area contributed by atoms with E-state index in [1.165, 1.54) is 6.92 Å². The van der Waals surface area contributed by atoms with Gasteiger partial charge in [-0.15, -0.1) is 0 Å². The Bertz CT molecular complexity index is 167. The molecule has 0 saturated carbocycles. The van der Waals surface area contributed by atoms with Gasteiger partial charge in [-0.05, 0) is 0 Å². The lowest BCUT2D eigenvalue weighted by Crippen LogP contribution is -2.20. The number of carboxylic acids is 1. The SMILES string of the molecule is CC(=O)SC(C)C(C)C(=O)O. The van der Waals surface area contributed by atoms with Gasteiger partial charge in [0.1, 0.15) is 0 Å². The van der Waals surface area contributed by atoms with Gasteiger partial charge in [-0.25, -0.2) is 0 Å². The van der Waals surface area contributed by atoms with Crippen molar-refractivity contribution in [2.75, 3.05) is 0 Å². The molecular formula is C7H12O3S. The molecule has 2 atom stereocenters. The molecule has 64 valence electrons. The van der Waals surface area contributed by atoms with Crippen LogP contribution in [0.15, 0.2) is 0 Å². The van der Waals surface area contributed by atoms with E-state index in [0.29, 0.717) is 0 Å². The number of thioether (sulfide) groups is 1. The average Bonchev–Trinajstić information content (AvgIpc) is 1.84. The monoisotopic (exact) mass is 176 g/mol. The van der Waals surface area contributed by atoms with E-state index in [-0.39, 0.29) is 10.4 Å². The van der Waals surface area contributed by atoms with Gasteiger partial charge >= 0.3 is 5.97 Å². The molecule has 0 aliphatic heterocycles. The summed E-state index contributed by atoms with van der Waals surface area (Å²) in [4.78, 5) is 20.9. The van der Waals surface area contributed by atoms with Gasteiger partial charge in [-0.2, -0.15) is 0 Å². The smallest absolute Gasteiger partial charge is 0.307 e. The van der Waals surface area contributed by atoms with Crippen molar-refractivity contribution >= 4 is 22.8 Å². The molecule has 0 saturated heterocycles. The van der Waals surface area contributed by atoms with Crippen LogP contribution in [0.4, 0.5) is 0 Å². The highest BCUT2D eigenvalue weighted by atomic mass is 32.2. The van der Waals surface area contributed by atoms with Crippen molar-refractivity contribution in [2.24, 2.45) is 5.92 Å². The second-order valence-electron chi connectivity index (χ2n) is 2.44. The van der Waals surface area contributed by atoms with E-state index >= 15 is 0 Å². The van der Waals surface area contributed by atoms with Gasteiger partial charge in [0.2, 0.25) is 0 Å². The molecule has 0 aromatic rings. The van der Waals surface area contributed by atoms with Gasteiger partial charge in [0.15, 0.2) is 5.12 Å². The van der Waals surface area contributed by atoms with Gasteiger partial charge < -0.3 is 5.11 Å². The van der Waals surface area contributed by atoms with Crippen LogP contribution in [-0.2, 0) is 9.59 Å². The summed E-state index contributed by atoms with van der Waals surface area (Å²) in [6.07, 6.45) is 0. The topological polar surface area (TPSA) is 54.4 Å². The number of carbonyl (C=O) groups excluding carboxylic acids is 1. The minimum atomic E-state index is -0.855. The Hall–Kier alpha value is -0.510. The Morgan fingerprint density at radius 3 is 2.09 bits per heavy atom. The standard InChI is InChI=1S/C7H12O3S/c1-4(7(9)10)5(2)11-6(3)8/h4-5H,1-3H3,(H,9,10). The molecule has 0 rings (SSSR count). The van der Waals surface area contributed by atoms with E-state index in [2.05, 4.69) is 0 Å². The number of aliphatic carboxylic acids is 1. The second-order valence-corrected chi connectivity index (χ2v) is 4.00. The molecule has 0 aliphatic carbocycles. The first-order valence-corrected chi connectivity index (χ1v) is 4.23. The summed E-state index contributed by atoms with van der Waals surface area (Å²) in [6, 6.07) is 0. The van der Waals surface area contributed by atoms with E-state index in [4.69, 9.17) is 5.11 Å². The fraction of sp³-hybridized carbons (Fsp3) is 0.714. The summed E-state index contributed by atoms with van der Waals surface area (Å²) in [7, 11) is 0. The summed E-state index contributed by atoms with van der Waals surface area (Å²) < 4.78 is 0. The first-order chi connectivity index (χ1) is 4.95. The minimum Gasteiger partial charge on any atom is -0.481 e. The molecule has 0 fully saturated rings. The first-order valence-electron chi connectivity index (χ1n) is 3.35. The van der Waals surface area contributed by atoms with E-state index in [1.807, 2.05) is 0 Å². The molecule has 11 heavy (non-hydrogen) atoms. The highest BCUT2D eigenvalue weighted by Crippen LogP contribution is 2.19. The summed E-state index contributed by atoms with van der Waals surface area (Å²) in [6.45, 7) is 4.78. The quantitative estimate of drug-likeness (QED) is 0.705. The van der Waals surface area contributed by atoms with Crippen molar-refractivity contribution < 1.29 is 14.7 Å². The van der Waals surface area contributed by atoms with Gasteiger partial charge in [-0.1, -0.05) is 25.6 Å². The largest absolute Gasteiger partial charge is 0.481 e. The zero-order valence-corrected chi connectivity index (χ0v) is 7.64. The van der Waals surface area contributed by atoms with E-state index in [9.17, 15) is 9.59 Å². The fourth-order valence-electron chi connectivity index (χ4n) is 0.565. The maximum atomic E-state index is 10.6. The summed E-state index contributed by atoms with van der Waals surface area (Å²) in [5, 5.41) is 8.36. The van der Waals surface area contributed by atoms with E-state index in [0.717, 1.165) is 11.8 Å². The molecule has 0 heterocycles.